The monoisotopic (exact) mass is 254 g/mol. The molecule has 0 spiro atoms. The lowest BCUT2D eigenvalue weighted by Crippen LogP contribution is -2.50. The van der Waals surface area contributed by atoms with Gasteiger partial charge in [-0.15, -0.1) is 0 Å². The van der Waals surface area contributed by atoms with Crippen LogP contribution in [0.15, 0.2) is 0 Å². The zero-order valence-electron chi connectivity index (χ0n) is 12.0. The summed E-state index contributed by atoms with van der Waals surface area (Å²) in [6.45, 7) is 5.80. The van der Waals surface area contributed by atoms with Gasteiger partial charge < -0.3 is 10.1 Å². The number of hydrogen-bond acceptors (Lipinski definition) is 4. The summed E-state index contributed by atoms with van der Waals surface area (Å²) in [5.74, 6) is 0.676. The summed E-state index contributed by atoms with van der Waals surface area (Å²) in [7, 11) is 3.35. The highest BCUT2D eigenvalue weighted by molar-refractivity contribution is 5.81. The number of carbonyl (C=O) groups excluding carboxylic acids is 1. The highest BCUT2D eigenvalue weighted by Crippen LogP contribution is 2.37. The van der Waals surface area contributed by atoms with E-state index in [0.717, 1.165) is 25.2 Å². The molecule has 4 atom stereocenters. The Kier molecular flexibility index (Phi) is 3.97. The third-order valence-corrected chi connectivity index (χ3v) is 4.84. The Morgan fingerprint density at radius 3 is 2.67 bits per heavy atom. The van der Waals surface area contributed by atoms with E-state index in [0.29, 0.717) is 12.1 Å². The Balaban J connectivity index is 2.05. The first-order chi connectivity index (χ1) is 8.52. The standard InChI is InChI=1S/C14H26N2O2/c1-10-7-11(2)16(9-10)12-5-6-14(8-12,15-3)13(17)18-4/h10-12,15H,5-9H2,1-4H3. The maximum Gasteiger partial charge on any atom is 0.326 e. The summed E-state index contributed by atoms with van der Waals surface area (Å²) in [5.41, 5.74) is -0.453. The molecule has 104 valence electrons. The van der Waals surface area contributed by atoms with Crippen molar-refractivity contribution in [1.29, 1.82) is 0 Å². The van der Waals surface area contributed by atoms with Gasteiger partial charge in [-0.3, -0.25) is 9.69 Å². The van der Waals surface area contributed by atoms with Crippen LogP contribution in [0.25, 0.3) is 0 Å². The van der Waals surface area contributed by atoms with Crippen LogP contribution in [0.5, 0.6) is 0 Å². The molecule has 4 heteroatoms. The number of nitrogens with one attached hydrogen (secondary N) is 1. The van der Waals surface area contributed by atoms with E-state index in [2.05, 4.69) is 24.1 Å². The predicted octanol–water partition coefficient (Wildman–Crippen LogP) is 1.40. The molecule has 1 heterocycles. The molecule has 2 rings (SSSR count). The maximum absolute atomic E-state index is 12.0. The molecule has 1 saturated carbocycles. The minimum atomic E-state index is -0.453. The number of hydrogen-bond donors (Lipinski definition) is 1. The van der Waals surface area contributed by atoms with Gasteiger partial charge in [-0.1, -0.05) is 6.92 Å². The quantitative estimate of drug-likeness (QED) is 0.773. The number of rotatable bonds is 3. The second-order valence-electron chi connectivity index (χ2n) is 6.11. The second-order valence-corrected chi connectivity index (χ2v) is 6.11. The van der Waals surface area contributed by atoms with Crippen molar-refractivity contribution in [3.8, 4) is 0 Å². The Bertz CT molecular complexity index is 321. The van der Waals surface area contributed by atoms with Crippen LogP contribution in [0.4, 0.5) is 0 Å². The van der Waals surface area contributed by atoms with Crippen molar-refractivity contribution in [3.63, 3.8) is 0 Å². The van der Waals surface area contributed by atoms with Crippen molar-refractivity contribution >= 4 is 5.97 Å². The minimum Gasteiger partial charge on any atom is -0.468 e. The lowest BCUT2D eigenvalue weighted by atomic mass is 9.97. The smallest absolute Gasteiger partial charge is 0.326 e. The molecule has 0 aromatic rings. The molecular weight excluding hydrogens is 228 g/mol. The molecule has 18 heavy (non-hydrogen) atoms. The van der Waals surface area contributed by atoms with Gasteiger partial charge in [-0.25, -0.2) is 0 Å². The lowest BCUT2D eigenvalue weighted by molar-refractivity contribution is -0.148. The van der Waals surface area contributed by atoms with Gasteiger partial charge in [-0.05, 0) is 45.6 Å². The van der Waals surface area contributed by atoms with Crippen molar-refractivity contribution in [2.24, 2.45) is 5.92 Å². The van der Waals surface area contributed by atoms with Crippen molar-refractivity contribution in [1.82, 2.24) is 10.2 Å². The molecule has 0 aromatic heterocycles. The van der Waals surface area contributed by atoms with Gasteiger partial charge in [0.25, 0.3) is 0 Å². The molecule has 4 unspecified atom stereocenters. The first-order valence-electron chi connectivity index (χ1n) is 7.05. The largest absolute Gasteiger partial charge is 0.468 e. The van der Waals surface area contributed by atoms with Gasteiger partial charge >= 0.3 is 5.97 Å². The van der Waals surface area contributed by atoms with E-state index >= 15 is 0 Å². The average Bonchev–Trinajstić information content (AvgIpc) is 2.92. The summed E-state index contributed by atoms with van der Waals surface area (Å²) in [6, 6.07) is 1.17. The molecule has 2 fully saturated rings. The normalized spacial score (nSPS) is 41.2. The second kappa shape index (κ2) is 5.17. The molecule has 0 radical (unpaired) electrons. The first-order valence-corrected chi connectivity index (χ1v) is 7.05. The SMILES string of the molecule is CNC1(C(=O)OC)CCC(N2CC(C)CC2C)C1. The third-order valence-electron chi connectivity index (χ3n) is 4.84. The van der Waals surface area contributed by atoms with Gasteiger partial charge in [0.15, 0.2) is 0 Å². The zero-order chi connectivity index (χ0) is 13.3. The van der Waals surface area contributed by atoms with Gasteiger partial charge in [-0.2, -0.15) is 0 Å². The number of nitrogens with zero attached hydrogens (tertiary/aromatic N) is 1. The number of carbonyl (C=O) groups is 1. The van der Waals surface area contributed by atoms with E-state index in [9.17, 15) is 4.79 Å². The van der Waals surface area contributed by atoms with Gasteiger partial charge in [0.1, 0.15) is 5.54 Å². The topological polar surface area (TPSA) is 41.6 Å². The van der Waals surface area contributed by atoms with Gasteiger partial charge in [0, 0.05) is 18.6 Å². The molecule has 1 aliphatic heterocycles. The molecule has 4 nitrogen and oxygen atoms in total. The molecule has 0 bridgehead atoms. The van der Waals surface area contributed by atoms with Crippen LogP contribution in [-0.2, 0) is 9.53 Å². The maximum atomic E-state index is 12.0. The van der Waals surface area contributed by atoms with Gasteiger partial charge in [0.05, 0.1) is 7.11 Å². The molecule has 0 amide bonds. The molecular formula is C14H26N2O2. The molecule has 0 aromatic carbocycles. The summed E-state index contributed by atoms with van der Waals surface area (Å²) in [4.78, 5) is 14.6. The van der Waals surface area contributed by atoms with E-state index in [1.807, 2.05) is 7.05 Å². The van der Waals surface area contributed by atoms with Crippen LogP contribution in [0.2, 0.25) is 0 Å². The molecule has 1 aliphatic carbocycles. The molecule has 2 aliphatic rings. The van der Waals surface area contributed by atoms with E-state index in [1.54, 1.807) is 0 Å². The van der Waals surface area contributed by atoms with Crippen LogP contribution in [-0.4, -0.2) is 49.2 Å². The number of methoxy groups -OCH3 is 1. The fraction of sp³-hybridized carbons (Fsp3) is 0.929. The van der Waals surface area contributed by atoms with E-state index in [4.69, 9.17) is 4.74 Å². The fourth-order valence-corrected chi connectivity index (χ4v) is 3.85. The van der Waals surface area contributed by atoms with Crippen LogP contribution in [0.3, 0.4) is 0 Å². The highest BCUT2D eigenvalue weighted by atomic mass is 16.5. The first kappa shape index (κ1) is 13.8. The summed E-state index contributed by atoms with van der Waals surface area (Å²) in [6.07, 6.45) is 4.14. The van der Waals surface area contributed by atoms with Crippen LogP contribution in [0.1, 0.15) is 39.5 Å². The lowest BCUT2D eigenvalue weighted by Gasteiger charge is -2.31. The minimum absolute atomic E-state index is 0.104. The Morgan fingerprint density at radius 2 is 2.17 bits per heavy atom. The van der Waals surface area contributed by atoms with Crippen molar-refractivity contribution < 1.29 is 9.53 Å². The zero-order valence-corrected chi connectivity index (χ0v) is 12.0. The fourth-order valence-electron chi connectivity index (χ4n) is 3.85. The predicted molar refractivity (Wildman–Crippen MR) is 71.4 cm³/mol. The number of ether oxygens (including phenoxy) is 1. The van der Waals surface area contributed by atoms with E-state index in [1.165, 1.54) is 20.1 Å². The molecule has 1 N–H and O–H groups in total. The highest BCUT2D eigenvalue weighted by Gasteiger charge is 2.48. The van der Waals surface area contributed by atoms with Crippen molar-refractivity contribution in [2.75, 3.05) is 20.7 Å². The van der Waals surface area contributed by atoms with Crippen LogP contribution >= 0.6 is 0 Å². The Hall–Kier alpha value is -0.610. The number of esters is 1. The third kappa shape index (κ3) is 2.28. The molecule has 1 saturated heterocycles. The number of likely N-dealkylation sites (tertiary alicyclic amines) is 1. The summed E-state index contributed by atoms with van der Waals surface area (Å²) in [5, 5.41) is 3.21. The average molecular weight is 254 g/mol. The van der Waals surface area contributed by atoms with E-state index in [-0.39, 0.29) is 5.97 Å². The number of likely N-dealkylation sites (N-methyl/N-ethyl adjacent to an activating group) is 1. The summed E-state index contributed by atoms with van der Waals surface area (Å²) >= 11 is 0. The van der Waals surface area contributed by atoms with E-state index < -0.39 is 5.54 Å². The van der Waals surface area contributed by atoms with Crippen LogP contribution < -0.4 is 5.32 Å². The van der Waals surface area contributed by atoms with Crippen molar-refractivity contribution in [2.45, 2.75) is 57.2 Å². The van der Waals surface area contributed by atoms with Gasteiger partial charge in [0.2, 0.25) is 0 Å². The Labute approximate surface area is 110 Å². The van der Waals surface area contributed by atoms with Crippen molar-refractivity contribution in [3.05, 3.63) is 0 Å². The summed E-state index contributed by atoms with van der Waals surface area (Å²) < 4.78 is 4.97. The Morgan fingerprint density at radius 1 is 1.44 bits per heavy atom. The van der Waals surface area contributed by atoms with Crippen LogP contribution in [0, 0.1) is 5.92 Å².